The number of epoxide rings is 1. The molecule has 3 saturated heterocycles. The van der Waals surface area contributed by atoms with Crippen molar-refractivity contribution in [3.05, 3.63) is 71.8 Å². The Kier molecular flexibility index (Phi) is 5.32. The van der Waals surface area contributed by atoms with E-state index >= 15 is 0 Å². The van der Waals surface area contributed by atoms with Gasteiger partial charge in [-0.25, -0.2) is 0 Å². The number of ether oxygens (including phenoxy) is 4. The van der Waals surface area contributed by atoms with E-state index in [4.69, 9.17) is 18.9 Å². The molecule has 0 aromatic heterocycles. The molecule has 4 fully saturated rings. The van der Waals surface area contributed by atoms with Crippen LogP contribution in [0.1, 0.15) is 30.9 Å². The van der Waals surface area contributed by atoms with Crippen LogP contribution in [0, 0.1) is 11.3 Å². The van der Waals surface area contributed by atoms with Gasteiger partial charge in [0.1, 0.15) is 12.2 Å². The Labute approximate surface area is 232 Å². The van der Waals surface area contributed by atoms with E-state index in [0.29, 0.717) is 18.5 Å². The maximum Gasteiger partial charge on any atom is 0.325 e. The summed E-state index contributed by atoms with van der Waals surface area (Å²) in [6.45, 7) is 2.37. The molecule has 2 aromatic rings. The largest absolute Gasteiger partial charge is 0.468 e. The normalized spacial score (nSPS) is 38.7. The third-order valence-electron chi connectivity index (χ3n) is 10.0. The Morgan fingerprint density at radius 1 is 1.12 bits per heavy atom. The van der Waals surface area contributed by atoms with Crippen molar-refractivity contribution >= 4 is 29.7 Å². The molecule has 0 amide bonds. The van der Waals surface area contributed by atoms with Gasteiger partial charge in [-0.2, -0.15) is 0 Å². The average molecular weight is 545 g/mol. The van der Waals surface area contributed by atoms with Crippen LogP contribution in [-0.4, -0.2) is 73.6 Å². The first-order chi connectivity index (χ1) is 19.3. The lowest BCUT2D eigenvalue weighted by Crippen LogP contribution is -2.81. The van der Waals surface area contributed by atoms with Crippen LogP contribution in [0.25, 0.3) is 6.08 Å². The van der Waals surface area contributed by atoms with Crippen LogP contribution in [-0.2, 0) is 38.7 Å². The van der Waals surface area contributed by atoms with Crippen molar-refractivity contribution in [3.63, 3.8) is 0 Å². The molecule has 1 N–H and O–H groups in total. The van der Waals surface area contributed by atoms with Crippen LogP contribution >= 0.6 is 0 Å². The molecule has 1 aliphatic carbocycles. The molecule has 5 aliphatic rings. The number of rotatable bonds is 5. The molecule has 7 atom stereocenters. The number of benzene rings is 2. The van der Waals surface area contributed by atoms with Gasteiger partial charge in [-0.1, -0.05) is 54.6 Å². The van der Waals surface area contributed by atoms with Gasteiger partial charge in [0.25, 0.3) is 0 Å². The molecular formula is C31H32N2O7. The predicted molar refractivity (Wildman–Crippen MR) is 144 cm³/mol. The van der Waals surface area contributed by atoms with Crippen molar-refractivity contribution in [2.24, 2.45) is 11.3 Å². The van der Waals surface area contributed by atoms with E-state index in [-0.39, 0.29) is 25.2 Å². The van der Waals surface area contributed by atoms with E-state index in [1.165, 1.54) is 7.11 Å². The Balaban J connectivity index is 1.42. The molecular weight excluding hydrogens is 512 g/mol. The van der Waals surface area contributed by atoms with Crippen molar-refractivity contribution in [1.82, 2.24) is 4.90 Å². The maximum atomic E-state index is 14.7. The van der Waals surface area contributed by atoms with Crippen molar-refractivity contribution in [2.75, 3.05) is 32.6 Å². The number of carbonyl (C=O) groups is 3. The van der Waals surface area contributed by atoms with Crippen LogP contribution in [0.5, 0.6) is 0 Å². The lowest BCUT2D eigenvalue weighted by atomic mass is 9.42. The van der Waals surface area contributed by atoms with E-state index in [9.17, 15) is 14.4 Å². The van der Waals surface area contributed by atoms with Crippen molar-refractivity contribution in [1.29, 1.82) is 0 Å². The minimum absolute atomic E-state index is 0.0567. The summed E-state index contributed by atoms with van der Waals surface area (Å²) in [7, 11) is 3.26. The molecule has 4 heterocycles. The number of likely N-dealkylation sites (N-methyl/N-ethyl adjacent to an activating group) is 1. The van der Waals surface area contributed by atoms with Crippen molar-refractivity contribution < 1.29 is 33.3 Å². The zero-order chi connectivity index (χ0) is 27.9. The number of hydrogen-bond acceptors (Lipinski definition) is 9. The summed E-state index contributed by atoms with van der Waals surface area (Å²) in [5.41, 5.74) is -3.11. The highest BCUT2D eigenvalue weighted by Crippen LogP contribution is 2.75. The monoisotopic (exact) mass is 544 g/mol. The van der Waals surface area contributed by atoms with Gasteiger partial charge in [0.15, 0.2) is 5.41 Å². The Bertz CT molecular complexity index is 1440. The summed E-state index contributed by atoms with van der Waals surface area (Å²) < 4.78 is 24.0. The number of fused-ring (bicyclic) bond motifs is 4. The summed E-state index contributed by atoms with van der Waals surface area (Å²) in [4.78, 5) is 44.6. The topological polar surface area (TPSA) is 107 Å². The van der Waals surface area contributed by atoms with Crippen molar-refractivity contribution in [2.45, 2.75) is 48.7 Å². The molecule has 9 heteroatoms. The number of carbonyl (C=O) groups excluding carboxylic acids is 3. The number of nitrogens with zero attached hydrogens (tertiary/aromatic N) is 1. The van der Waals surface area contributed by atoms with Gasteiger partial charge < -0.3 is 24.3 Å². The van der Waals surface area contributed by atoms with Gasteiger partial charge >= 0.3 is 17.9 Å². The molecule has 208 valence electrons. The fourth-order valence-corrected chi connectivity index (χ4v) is 8.54. The van der Waals surface area contributed by atoms with Gasteiger partial charge in [0.05, 0.1) is 31.1 Å². The second kappa shape index (κ2) is 8.41. The van der Waals surface area contributed by atoms with Gasteiger partial charge in [-0.05, 0) is 43.7 Å². The van der Waals surface area contributed by atoms with E-state index in [1.807, 2.05) is 74.6 Å². The minimum atomic E-state index is -1.91. The number of likely N-dealkylation sites (tertiary alicyclic amines) is 1. The quantitative estimate of drug-likeness (QED) is 0.263. The molecule has 7 rings (SSSR count). The molecule has 0 radical (unpaired) electrons. The standard InChI is InChI=1S/C31H32N2O7/c1-19-28(39-19)18-33(2)24-16-23(28)30(26(35)37-3,27(36)38-15-9-12-20-10-5-4-6-11-20)29-17-25(34)40-31(24,29)32-22-14-8-7-13-21(22)29/h4-14,19,23-24,32H,15-18H2,1-3H3/t19-,23+,24+,28+,29+,30-,31+/m1/s1. The van der Waals surface area contributed by atoms with E-state index in [0.717, 1.165) is 11.3 Å². The number of esters is 3. The predicted octanol–water partition coefficient (Wildman–Crippen LogP) is 2.90. The lowest BCUT2D eigenvalue weighted by Gasteiger charge is -2.63. The highest BCUT2D eigenvalue weighted by molar-refractivity contribution is 6.06. The fraction of sp³-hybridized carbons (Fsp3) is 0.452. The molecule has 0 unspecified atom stereocenters. The summed E-state index contributed by atoms with van der Waals surface area (Å²) in [6, 6.07) is 16.8. The number of hydrogen-bond donors (Lipinski definition) is 1. The second-order valence-corrected chi connectivity index (χ2v) is 11.6. The van der Waals surface area contributed by atoms with E-state index < -0.39 is 46.0 Å². The number of para-hydroxylation sites is 1. The summed E-state index contributed by atoms with van der Waals surface area (Å²) in [6.07, 6.45) is 3.61. The molecule has 9 nitrogen and oxygen atoms in total. The summed E-state index contributed by atoms with van der Waals surface area (Å²) in [5, 5.41) is 3.50. The molecule has 40 heavy (non-hydrogen) atoms. The first-order valence-electron chi connectivity index (χ1n) is 13.7. The van der Waals surface area contributed by atoms with Gasteiger partial charge in [0.2, 0.25) is 5.72 Å². The van der Waals surface area contributed by atoms with Crippen LogP contribution in [0.4, 0.5) is 5.69 Å². The first-order valence-corrected chi connectivity index (χ1v) is 13.7. The minimum Gasteiger partial charge on any atom is -0.468 e. The maximum absolute atomic E-state index is 14.7. The average Bonchev–Trinajstić information content (AvgIpc) is 3.33. The zero-order valence-electron chi connectivity index (χ0n) is 22.7. The third kappa shape index (κ3) is 2.86. The van der Waals surface area contributed by atoms with E-state index in [2.05, 4.69) is 10.2 Å². The molecule has 2 bridgehead atoms. The molecule has 2 aromatic carbocycles. The Morgan fingerprint density at radius 3 is 2.58 bits per heavy atom. The number of anilines is 1. The van der Waals surface area contributed by atoms with Crippen molar-refractivity contribution in [3.8, 4) is 0 Å². The number of nitrogens with one attached hydrogen (secondary N) is 1. The summed E-state index contributed by atoms with van der Waals surface area (Å²) >= 11 is 0. The lowest BCUT2D eigenvalue weighted by molar-refractivity contribution is -0.225. The zero-order valence-corrected chi connectivity index (χ0v) is 22.7. The molecule has 1 saturated carbocycles. The third-order valence-corrected chi connectivity index (χ3v) is 10.0. The molecule has 1 spiro atoms. The first kappa shape index (κ1) is 25.3. The van der Waals surface area contributed by atoms with Crippen LogP contribution < -0.4 is 5.32 Å². The summed E-state index contributed by atoms with van der Waals surface area (Å²) in [5.74, 6) is -2.55. The van der Waals surface area contributed by atoms with Gasteiger partial charge in [-0.3, -0.25) is 19.3 Å². The number of methoxy groups -OCH3 is 1. The van der Waals surface area contributed by atoms with Gasteiger partial charge in [0, 0.05) is 18.2 Å². The van der Waals surface area contributed by atoms with Gasteiger partial charge in [-0.15, -0.1) is 0 Å². The highest BCUT2D eigenvalue weighted by Gasteiger charge is 2.90. The smallest absolute Gasteiger partial charge is 0.325 e. The highest BCUT2D eigenvalue weighted by atomic mass is 16.6. The second-order valence-electron chi connectivity index (χ2n) is 11.6. The number of piperidine rings is 1. The van der Waals surface area contributed by atoms with Crippen LogP contribution in [0.2, 0.25) is 0 Å². The molecule has 4 aliphatic heterocycles. The van der Waals surface area contributed by atoms with E-state index in [1.54, 1.807) is 6.08 Å². The van der Waals surface area contributed by atoms with Crippen LogP contribution in [0.15, 0.2) is 60.7 Å². The Hall–Kier alpha value is -3.69. The SMILES string of the molecule is COC(=O)[C@@]1(C(=O)OCC=Cc2ccccc2)[C@H]2C[C@H](N(C)C[C@@]23O[C@@H]3C)[C@@]23Nc4ccccc4[C@@]12CC(=O)O3. The fourth-order valence-electron chi connectivity index (χ4n) is 8.54. The van der Waals surface area contributed by atoms with Crippen LogP contribution in [0.3, 0.4) is 0 Å². The Morgan fingerprint density at radius 2 is 1.85 bits per heavy atom.